The van der Waals surface area contributed by atoms with Crippen LogP contribution in [0.1, 0.15) is 110 Å². The van der Waals surface area contributed by atoms with Crippen molar-refractivity contribution in [2.24, 2.45) is 34.0 Å². The quantitative estimate of drug-likeness (QED) is 0.357. The van der Waals surface area contributed by atoms with E-state index in [1.165, 1.54) is 25.7 Å². The van der Waals surface area contributed by atoms with Crippen LogP contribution < -0.4 is 0 Å². The first-order chi connectivity index (χ1) is 14.3. The number of hydrogen-bond donors (Lipinski definition) is 2. The normalized spacial score (nSPS) is 38.2. The minimum atomic E-state index is -1.81. The van der Waals surface area contributed by atoms with Crippen LogP contribution in [0.25, 0.3) is 0 Å². The first-order valence-corrected chi connectivity index (χ1v) is 12.4. The van der Waals surface area contributed by atoms with Gasteiger partial charge in [-0.15, -0.1) is 0 Å². The smallest absolute Gasteiger partial charge is 0.449 e. The molecular weight excluding hydrogens is 380 g/mol. The van der Waals surface area contributed by atoms with Gasteiger partial charge >= 0.3 is 12.3 Å². The van der Waals surface area contributed by atoms with E-state index in [0.717, 1.165) is 28.6 Å². The molecule has 6 fully saturated rings. The van der Waals surface area contributed by atoms with E-state index in [2.05, 4.69) is 11.7 Å². The van der Waals surface area contributed by atoms with Gasteiger partial charge < -0.3 is 14.9 Å². The summed E-state index contributed by atoms with van der Waals surface area (Å²) in [4.78, 5) is 18.4. The Kier molecular flexibility index (Phi) is 6.11. The minimum absolute atomic E-state index is 0.692. The van der Waals surface area contributed by atoms with Crippen LogP contribution in [0.2, 0.25) is 0 Å². The summed E-state index contributed by atoms with van der Waals surface area (Å²) in [5.41, 5.74) is 2.22. The van der Waals surface area contributed by atoms with Gasteiger partial charge in [-0.3, -0.25) is 0 Å². The van der Waals surface area contributed by atoms with Crippen molar-refractivity contribution in [3.05, 3.63) is 0 Å². The van der Waals surface area contributed by atoms with Crippen molar-refractivity contribution in [3.63, 3.8) is 0 Å². The number of carboxylic acid groups (broad SMARTS) is 2. The lowest BCUT2D eigenvalue weighted by molar-refractivity contribution is -0.202. The minimum Gasteiger partial charge on any atom is -0.449 e. The van der Waals surface area contributed by atoms with Gasteiger partial charge in [-0.1, -0.05) is 45.4 Å². The highest BCUT2D eigenvalue weighted by Crippen LogP contribution is 2.74. The van der Waals surface area contributed by atoms with Crippen LogP contribution in [-0.2, 0) is 4.74 Å². The van der Waals surface area contributed by atoms with Crippen molar-refractivity contribution >= 4 is 12.3 Å². The molecule has 5 heteroatoms. The summed E-state index contributed by atoms with van der Waals surface area (Å²) < 4.78 is 3.08. The van der Waals surface area contributed by atoms with Crippen LogP contribution >= 0.6 is 0 Å². The molecule has 5 nitrogen and oxygen atoms in total. The predicted octanol–water partition coefficient (Wildman–Crippen LogP) is 7.48. The van der Waals surface area contributed by atoms with Gasteiger partial charge in [-0.25, -0.2) is 9.59 Å². The number of carbonyl (C=O) groups is 2. The van der Waals surface area contributed by atoms with Crippen LogP contribution in [0.4, 0.5) is 9.59 Å². The Hall–Kier alpha value is -1.26. The fourth-order valence-corrected chi connectivity index (χ4v) is 9.51. The van der Waals surface area contributed by atoms with E-state index in [1.807, 2.05) is 0 Å². The molecule has 0 spiro atoms. The Balaban J connectivity index is 0.000000272. The maximum atomic E-state index is 9.21. The molecule has 4 bridgehead atoms. The van der Waals surface area contributed by atoms with Gasteiger partial charge in [0, 0.05) is 0 Å². The van der Waals surface area contributed by atoms with Crippen molar-refractivity contribution in [2.45, 2.75) is 110 Å². The van der Waals surface area contributed by atoms with E-state index in [0.29, 0.717) is 5.41 Å². The van der Waals surface area contributed by atoms with E-state index >= 15 is 0 Å². The zero-order valence-corrected chi connectivity index (χ0v) is 18.7. The molecule has 0 aromatic carbocycles. The summed E-state index contributed by atoms with van der Waals surface area (Å²) >= 11 is 0. The van der Waals surface area contributed by atoms with Gasteiger partial charge in [0.1, 0.15) is 0 Å². The lowest BCUT2D eigenvalue weighted by Gasteiger charge is -2.70. The topological polar surface area (TPSA) is 83.8 Å². The fourth-order valence-electron chi connectivity index (χ4n) is 9.51. The zero-order valence-electron chi connectivity index (χ0n) is 18.7. The summed E-state index contributed by atoms with van der Waals surface area (Å²) in [6, 6.07) is 0. The van der Waals surface area contributed by atoms with Crippen molar-refractivity contribution in [1.82, 2.24) is 0 Å². The lowest BCUT2D eigenvalue weighted by Crippen LogP contribution is -2.61. The van der Waals surface area contributed by atoms with Gasteiger partial charge in [0.25, 0.3) is 0 Å². The van der Waals surface area contributed by atoms with Crippen LogP contribution in [-0.4, -0.2) is 22.5 Å². The molecule has 2 N–H and O–H groups in total. The average molecular weight is 421 g/mol. The summed E-state index contributed by atoms with van der Waals surface area (Å²) in [6.07, 6.45) is 21.7. The maximum Gasteiger partial charge on any atom is 0.516 e. The highest BCUT2D eigenvalue weighted by Gasteiger charge is 2.65. The Morgan fingerprint density at radius 1 is 0.700 bits per heavy atom. The van der Waals surface area contributed by atoms with E-state index in [9.17, 15) is 9.59 Å². The molecule has 170 valence electrons. The molecule has 30 heavy (non-hydrogen) atoms. The Morgan fingerprint density at radius 2 is 1.10 bits per heavy atom. The molecule has 0 saturated heterocycles. The number of hydrogen-bond acceptors (Lipinski definition) is 3. The van der Waals surface area contributed by atoms with E-state index in [-0.39, 0.29) is 0 Å². The molecule has 6 saturated carbocycles. The van der Waals surface area contributed by atoms with Crippen molar-refractivity contribution in [2.75, 3.05) is 0 Å². The van der Waals surface area contributed by atoms with Gasteiger partial charge in [-0.05, 0) is 98.2 Å². The van der Waals surface area contributed by atoms with E-state index in [1.54, 1.807) is 77.0 Å². The van der Waals surface area contributed by atoms with E-state index < -0.39 is 12.3 Å². The fraction of sp³-hybridized carbons (Fsp3) is 0.920. The number of ether oxygens (including phenoxy) is 1. The monoisotopic (exact) mass is 420 g/mol. The van der Waals surface area contributed by atoms with Crippen molar-refractivity contribution in [1.29, 1.82) is 0 Å². The molecule has 0 heterocycles. The summed E-state index contributed by atoms with van der Waals surface area (Å²) in [5, 5.41) is 15.0. The van der Waals surface area contributed by atoms with Gasteiger partial charge in [-0.2, -0.15) is 0 Å². The molecular formula is C25H40O5. The maximum absolute atomic E-state index is 9.21. The summed E-state index contributed by atoms with van der Waals surface area (Å²) in [5.74, 6) is 3.40. The Bertz CT molecular complexity index is 595. The molecule has 0 radical (unpaired) electrons. The van der Waals surface area contributed by atoms with Crippen LogP contribution in [0, 0.1) is 34.0 Å². The van der Waals surface area contributed by atoms with Crippen LogP contribution in [0.5, 0.6) is 0 Å². The largest absolute Gasteiger partial charge is 0.516 e. The van der Waals surface area contributed by atoms with E-state index in [4.69, 9.17) is 10.2 Å². The predicted molar refractivity (Wildman–Crippen MR) is 114 cm³/mol. The van der Waals surface area contributed by atoms with Crippen molar-refractivity contribution < 1.29 is 24.5 Å². The molecule has 6 aliphatic rings. The summed E-state index contributed by atoms with van der Waals surface area (Å²) in [6.45, 7) is 2.77. The standard InChI is InChI=1S/C23H38.C2H2O5/c1-21(8-4-2-5-9-21)23(10-6-3-7-11-23)22-15-18-12-19(16-22)14-20(13-18)17-22;3-1(4)7-2(5)6/h18-20H,2-17H2,1H3;(H,3,4)(H,5,6). The third-order valence-electron chi connectivity index (χ3n) is 10.0. The molecule has 0 aromatic heterocycles. The highest BCUT2D eigenvalue weighted by atomic mass is 16.7. The highest BCUT2D eigenvalue weighted by molar-refractivity contribution is 5.74. The second kappa shape index (κ2) is 8.35. The van der Waals surface area contributed by atoms with Gasteiger partial charge in [0.2, 0.25) is 0 Å². The molecule has 0 amide bonds. The molecule has 6 rings (SSSR count). The third kappa shape index (κ3) is 3.86. The molecule has 0 aliphatic heterocycles. The molecule has 0 unspecified atom stereocenters. The lowest BCUT2D eigenvalue weighted by atomic mass is 9.35. The molecule has 0 aromatic rings. The average Bonchev–Trinajstić information content (AvgIpc) is 2.67. The Labute approximate surface area is 180 Å². The van der Waals surface area contributed by atoms with Crippen LogP contribution in [0.3, 0.4) is 0 Å². The first-order valence-electron chi connectivity index (χ1n) is 12.4. The first kappa shape index (κ1) is 22.0. The second-order valence-corrected chi connectivity index (χ2v) is 11.6. The number of rotatable bonds is 2. The molecule has 6 aliphatic carbocycles. The van der Waals surface area contributed by atoms with Crippen molar-refractivity contribution in [3.8, 4) is 0 Å². The van der Waals surface area contributed by atoms with Gasteiger partial charge in [0.15, 0.2) is 0 Å². The van der Waals surface area contributed by atoms with Crippen LogP contribution in [0.15, 0.2) is 0 Å². The zero-order chi connectivity index (χ0) is 21.4. The molecule has 0 atom stereocenters. The summed E-state index contributed by atoms with van der Waals surface area (Å²) in [7, 11) is 0. The van der Waals surface area contributed by atoms with Gasteiger partial charge in [0.05, 0.1) is 0 Å². The third-order valence-corrected chi connectivity index (χ3v) is 10.0. The SMILES string of the molecule is CC1(C2(C34CC5CC(CC(C5)C3)C4)CCCCC2)CCCCC1.O=C(O)OC(=O)O. The Morgan fingerprint density at radius 3 is 1.47 bits per heavy atom. The second-order valence-electron chi connectivity index (χ2n) is 11.6.